The van der Waals surface area contributed by atoms with Crippen molar-refractivity contribution < 1.29 is 8.78 Å². The Morgan fingerprint density at radius 1 is 1.10 bits per heavy atom. The van der Waals surface area contributed by atoms with E-state index >= 15 is 0 Å². The molecule has 3 rings (SSSR count). The van der Waals surface area contributed by atoms with Crippen molar-refractivity contribution in [3.8, 4) is 5.69 Å². The van der Waals surface area contributed by atoms with E-state index in [0.717, 1.165) is 17.7 Å². The minimum absolute atomic E-state index is 0.0865. The fraction of sp³-hybridized carbons (Fsp3) is 0.0714. The van der Waals surface area contributed by atoms with Crippen LogP contribution in [0.5, 0.6) is 0 Å². The van der Waals surface area contributed by atoms with Crippen molar-refractivity contribution in [2.75, 3.05) is 0 Å². The number of rotatable bonds is 3. The maximum absolute atomic E-state index is 13.8. The molecule has 0 N–H and O–H groups in total. The van der Waals surface area contributed by atoms with Crippen LogP contribution < -0.4 is 0 Å². The fourth-order valence-electron chi connectivity index (χ4n) is 1.97. The van der Waals surface area contributed by atoms with Gasteiger partial charge in [-0.25, -0.2) is 8.78 Å². The van der Waals surface area contributed by atoms with Crippen LogP contribution in [0.1, 0.15) is 11.4 Å². The first-order chi connectivity index (χ1) is 10.1. The summed E-state index contributed by atoms with van der Waals surface area (Å²) >= 11 is 6.09. The number of benzene rings is 2. The SMILES string of the molecule is Fc1ccc(-n2nnnc2Cc2ccccc2Cl)c(F)c1. The largest absolute Gasteiger partial charge is 0.207 e. The second-order valence-electron chi connectivity index (χ2n) is 4.37. The number of nitrogens with zero attached hydrogens (tertiary/aromatic N) is 4. The molecule has 0 spiro atoms. The Kier molecular flexibility index (Phi) is 3.62. The van der Waals surface area contributed by atoms with Crippen LogP contribution >= 0.6 is 11.6 Å². The Morgan fingerprint density at radius 3 is 2.67 bits per heavy atom. The molecule has 106 valence electrons. The predicted molar refractivity (Wildman–Crippen MR) is 73.3 cm³/mol. The molecule has 0 fully saturated rings. The summed E-state index contributed by atoms with van der Waals surface area (Å²) in [6.07, 6.45) is 0.337. The van der Waals surface area contributed by atoms with Crippen molar-refractivity contribution in [2.45, 2.75) is 6.42 Å². The van der Waals surface area contributed by atoms with Gasteiger partial charge in [0.2, 0.25) is 0 Å². The van der Waals surface area contributed by atoms with Crippen molar-refractivity contribution in [2.24, 2.45) is 0 Å². The predicted octanol–water partition coefficient (Wildman–Crippen LogP) is 3.18. The van der Waals surface area contributed by atoms with Crippen LogP contribution in [-0.4, -0.2) is 20.2 Å². The van der Waals surface area contributed by atoms with Crippen LogP contribution in [0.4, 0.5) is 8.78 Å². The third-order valence-corrected chi connectivity index (χ3v) is 3.35. The Balaban J connectivity index is 2.00. The van der Waals surface area contributed by atoms with Crippen LogP contribution in [0, 0.1) is 11.6 Å². The lowest BCUT2D eigenvalue weighted by molar-refractivity contribution is 0.569. The lowest BCUT2D eigenvalue weighted by Gasteiger charge is -2.07. The molecule has 1 heterocycles. The first kappa shape index (κ1) is 13.6. The topological polar surface area (TPSA) is 43.6 Å². The minimum atomic E-state index is -0.734. The van der Waals surface area contributed by atoms with Crippen LogP contribution in [0.2, 0.25) is 5.02 Å². The lowest BCUT2D eigenvalue weighted by Crippen LogP contribution is -2.06. The molecule has 1 aromatic heterocycles. The molecular formula is C14H9ClF2N4. The second kappa shape index (κ2) is 5.57. The number of hydrogen-bond acceptors (Lipinski definition) is 3. The van der Waals surface area contributed by atoms with Gasteiger partial charge in [0.1, 0.15) is 11.5 Å². The van der Waals surface area contributed by atoms with Gasteiger partial charge in [-0.2, -0.15) is 4.68 Å². The molecule has 0 radical (unpaired) electrons. The molecule has 0 atom stereocenters. The van der Waals surface area contributed by atoms with Crippen LogP contribution in [0.15, 0.2) is 42.5 Å². The first-order valence-electron chi connectivity index (χ1n) is 6.11. The van der Waals surface area contributed by atoms with Gasteiger partial charge in [-0.05, 0) is 34.2 Å². The fourth-order valence-corrected chi connectivity index (χ4v) is 2.17. The average molecular weight is 307 g/mol. The van der Waals surface area contributed by atoms with E-state index in [2.05, 4.69) is 15.5 Å². The van der Waals surface area contributed by atoms with Crippen LogP contribution in [0.3, 0.4) is 0 Å². The number of halogens is 3. The highest BCUT2D eigenvalue weighted by Gasteiger charge is 2.14. The van der Waals surface area contributed by atoms with Crippen LogP contribution in [0.25, 0.3) is 5.69 Å². The first-order valence-corrected chi connectivity index (χ1v) is 6.49. The zero-order valence-corrected chi connectivity index (χ0v) is 11.4. The number of hydrogen-bond donors (Lipinski definition) is 0. The summed E-state index contributed by atoms with van der Waals surface area (Å²) in [6.45, 7) is 0. The van der Waals surface area contributed by atoms with Crippen LogP contribution in [-0.2, 0) is 6.42 Å². The van der Waals surface area contributed by atoms with Crippen molar-refractivity contribution in [1.82, 2.24) is 20.2 Å². The third kappa shape index (κ3) is 2.75. The van der Waals surface area contributed by atoms with Gasteiger partial charge < -0.3 is 0 Å². The highest BCUT2D eigenvalue weighted by Crippen LogP contribution is 2.20. The van der Waals surface area contributed by atoms with E-state index in [1.807, 2.05) is 18.2 Å². The molecule has 0 saturated carbocycles. The third-order valence-electron chi connectivity index (χ3n) is 2.98. The standard InChI is InChI=1S/C14H9ClF2N4/c15-11-4-2-1-3-9(11)7-14-18-19-20-21(14)13-6-5-10(16)8-12(13)17/h1-6,8H,7H2. The summed E-state index contributed by atoms with van der Waals surface area (Å²) < 4.78 is 28.0. The summed E-state index contributed by atoms with van der Waals surface area (Å²) in [7, 11) is 0. The van der Waals surface area contributed by atoms with E-state index < -0.39 is 11.6 Å². The molecule has 3 aromatic rings. The molecule has 2 aromatic carbocycles. The van der Waals surface area contributed by atoms with E-state index in [4.69, 9.17) is 11.6 Å². The second-order valence-corrected chi connectivity index (χ2v) is 4.78. The molecule has 21 heavy (non-hydrogen) atoms. The normalized spacial score (nSPS) is 10.8. The van der Waals surface area contributed by atoms with Crippen molar-refractivity contribution in [3.05, 3.63) is 70.5 Å². The Morgan fingerprint density at radius 2 is 1.90 bits per heavy atom. The van der Waals surface area contributed by atoms with Crippen molar-refractivity contribution in [3.63, 3.8) is 0 Å². The van der Waals surface area contributed by atoms with Gasteiger partial charge in [-0.3, -0.25) is 0 Å². The minimum Gasteiger partial charge on any atom is -0.207 e. The van der Waals surface area contributed by atoms with Gasteiger partial charge >= 0.3 is 0 Å². The van der Waals surface area contributed by atoms with Gasteiger partial charge in [0.25, 0.3) is 0 Å². The van der Waals surface area contributed by atoms with E-state index in [9.17, 15) is 8.78 Å². The quantitative estimate of drug-likeness (QED) is 0.746. The van der Waals surface area contributed by atoms with Gasteiger partial charge in [0, 0.05) is 17.5 Å². The molecule has 4 nitrogen and oxygen atoms in total. The van der Waals surface area contributed by atoms with Gasteiger partial charge in [0.05, 0.1) is 0 Å². The Hall–Kier alpha value is -2.34. The molecule has 0 aliphatic rings. The summed E-state index contributed by atoms with van der Waals surface area (Å²) in [6, 6.07) is 10.5. The summed E-state index contributed by atoms with van der Waals surface area (Å²) in [5, 5.41) is 11.8. The van der Waals surface area contributed by atoms with E-state index in [-0.39, 0.29) is 5.69 Å². The van der Waals surface area contributed by atoms with E-state index in [1.165, 1.54) is 10.7 Å². The summed E-state index contributed by atoms with van der Waals surface area (Å²) in [5.41, 5.74) is 0.904. The number of tetrazole rings is 1. The zero-order valence-electron chi connectivity index (χ0n) is 10.7. The Bertz CT molecular complexity index is 788. The van der Waals surface area contributed by atoms with E-state index in [1.54, 1.807) is 6.07 Å². The highest BCUT2D eigenvalue weighted by molar-refractivity contribution is 6.31. The van der Waals surface area contributed by atoms with Gasteiger partial charge in [-0.1, -0.05) is 29.8 Å². The molecular weight excluding hydrogens is 298 g/mol. The maximum atomic E-state index is 13.8. The molecule has 7 heteroatoms. The molecule has 0 aliphatic heterocycles. The van der Waals surface area contributed by atoms with E-state index in [0.29, 0.717) is 17.3 Å². The van der Waals surface area contributed by atoms with Crippen molar-refractivity contribution in [1.29, 1.82) is 0 Å². The smallest absolute Gasteiger partial charge is 0.161 e. The van der Waals surface area contributed by atoms with Crippen molar-refractivity contribution >= 4 is 11.6 Å². The molecule has 0 unspecified atom stereocenters. The molecule has 0 aliphatic carbocycles. The van der Waals surface area contributed by atoms with Gasteiger partial charge in [-0.15, -0.1) is 5.10 Å². The summed E-state index contributed by atoms with van der Waals surface area (Å²) in [5.74, 6) is -0.978. The number of aromatic nitrogens is 4. The monoisotopic (exact) mass is 306 g/mol. The molecule has 0 saturated heterocycles. The Labute approximate surface area is 124 Å². The summed E-state index contributed by atoms with van der Waals surface area (Å²) in [4.78, 5) is 0. The highest BCUT2D eigenvalue weighted by atomic mass is 35.5. The molecule has 0 bridgehead atoms. The zero-order chi connectivity index (χ0) is 14.8. The average Bonchev–Trinajstić information content (AvgIpc) is 2.89. The van der Waals surface area contributed by atoms with Gasteiger partial charge in [0.15, 0.2) is 11.6 Å². The molecule has 0 amide bonds. The maximum Gasteiger partial charge on any atom is 0.161 e. The lowest BCUT2D eigenvalue weighted by atomic mass is 10.1.